The standard InChI is InChI=1S/C22H24F2N4O4S/c1-30-17-14-15(6-7-16(17)31-22(23)24)21(29)28-11-9-27(10-12-28)8-2-5-19-25-20(26-32-19)18-4-3-13-33-18/h3-4,6-7,13-14,22H,2,5,8-12H2,1H3. The van der Waals surface area contributed by atoms with Gasteiger partial charge in [-0.3, -0.25) is 9.69 Å². The summed E-state index contributed by atoms with van der Waals surface area (Å²) in [6.45, 7) is 0.571. The number of alkyl halides is 2. The first kappa shape index (κ1) is 23.1. The summed E-state index contributed by atoms with van der Waals surface area (Å²) in [6.07, 6.45) is 1.58. The summed E-state index contributed by atoms with van der Waals surface area (Å²) in [5.41, 5.74) is 0.375. The average molecular weight is 479 g/mol. The Bertz CT molecular complexity index is 1050. The zero-order valence-corrected chi connectivity index (χ0v) is 18.9. The van der Waals surface area contributed by atoms with Gasteiger partial charge in [0.25, 0.3) is 5.91 Å². The van der Waals surface area contributed by atoms with E-state index in [9.17, 15) is 13.6 Å². The van der Waals surface area contributed by atoms with Gasteiger partial charge < -0.3 is 18.9 Å². The molecule has 1 aliphatic heterocycles. The number of ether oxygens (including phenoxy) is 2. The van der Waals surface area contributed by atoms with Crippen molar-refractivity contribution in [2.75, 3.05) is 39.8 Å². The van der Waals surface area contributed by atoms with Crippen molar-refractivity contribution >= 4 is 17.2 Å². The molecule has 2 aromatic heterocycles. The fourth-order valence-corrected chi connectivity index (χ4v) is 4.32. The molecule has 0 saturated carbocycles. The second-order valence-electron chi connectivity index (χ2n) is 7.47. The predicted octanol–water partition coefficient (Wildman–Crippen LogP) is 3.80. The molecule has 0 unspecified atom stereocenters. The minimum atomic E-state index is -2.96. The van der Waals surface area contributed by atoms with Crippen molar-refractivity contribution in [3.63, 3.8) is 0 Å². The van der Waals surface area contributed by atoms with Crippen molar-refractivity contribution in [2.45, 2.75) is 19.5 Å². The maximum atomic E-state index is 12.8. The highest BCUT2D eigenvalue weighted by Crippen LogP contribution is 2.30. The number of carbonyl (C=O) groups excluding carboxylic acids is 1. The number of carbonyl (C=O) groups is 1. The largest absolute Gasteiger partial charge is 0.493 e. The smallest absolute Gasteiger partial charge is 0.387 e. The van der Waals surface area contributed by atoms with Gasteiger partial charge in [-0.1, -0.05) is 11.2 Å². The number of aromatic nitrogens is 2. The zero-order chi connectivity index (χ0) is 23.2. The molecule has 1 amide bonds. The molecule has 0 radical (unpaired) electrons. The molecular formula is C22H24F2N4O4S. The lowest BCUT2D eigenvalue weighted by atomic mass is 10.1. The number of amides is 1. The Hall–Kier alpha value is -3.05. The van der Waals surface area contributed by atoms with Gasteiger partial charge >= 0.3 is 6.61 Å². The lowest BCUT2D eigenvalue weighted by molar-refractivity contribution is -0.0512. The normalized spacial score (nSPS) is 14.6. The first-order valence-electron chi connectivity index (χ1n) is 10.5. The molecule has 0 N–H and O–H groups in total. The van der Waals surface area contributed by atoms with E-state index in [1.54, 1.807) is 16.2 Å². The molecule has 11 heteroatoms. The lowest BCUT2D eigenvalue weighted by Gasteiger charge is -2.34. The monoisotopic (exact) mass is 478 g/mol. The van der Waals surface area contributed by atoms with E-state index in [2.05, 4.69) is 19.8 Å². The van der Waals surface area contributed by atoms with Crippen LogP contribution in [-0.2, 0) is 6.42 Å². The van der Waals surface area contributed by atoms with Gasteiger partial charge in [-0.25, -0.2) is 0 Å². The Morgan fingerprint density at radius 3 is 2.73 bits per heavy atom. The first-order valence-corrected chi connectivity index (χ1v) is 11.4. The Balaban J connectivity index is 1.24. The maximum Gasteiger partial charge on any atom is 0.387 e. The Kier molecular flexibility index (Phi) is 7.50. The molecule has 0 bridgehead atoms. The number of thiophene rings is 1. The molecule has 0 spiro atoms. The average Bonchev–Trinajstić information content (AvgIpc) is 3.51. The minimum absolute atomic E-state index is 0.0994. The Labute approximate surface area is 193 Å². The van der Waals surface area contributed by atoms with Gasteiger partial charge in [0, 0.05) is 38.2 Å². The third-order valence-electron chi connectivity index (χ3n) is 5.36. The number of halogens is 2. The highest BCUT2D eigenvalue weighted by Gasteiger charge is 2.23. The molecule has 8 nitrogen and oxygen atoms in total. The van der Waals surface area contributed by atoms with Crippen LogP contribution in [0.3, 0.4) is 0 Å². The fraction of sp³-hybridized carbons (Fsp3) is 0.409. The van der Waals surface area contributed by atoms with Crippen molar-refractivity contribution in [1.82, 2.24) is 19.9 Å². The highest BCUT2D eigenvalue weighted by molar-refractivity contribution is 7.13. The SMILES string of the molecule is COc1cc(C(=O)N2CCN(CCCc3nc(-c4cccs4)no3)CC2)ccc1OC(F)F. The van der Waals surface area contributed by atoms with Crippen LogP contribution in [0.5, 0.6) is 11.5 Å². The third-order valence-corrected chi connectivity index (χ3v) is 6.23. The van der Waals surface area contributed by atoms with E-state index < -0.39 is 6.61 Å². The van der Waals surface area contributed by atoms with Crippen LogP contribution in [0.25, 0.3) is 10.7 Å². The topological polar surface area (TPSA) is 80.9 Å². The van der Waals surface area contributed by atoms with E-state index in [1.807, 2.05) is 17.5 Å². The summed E-state index contributed by atoms with van der Waals surface area (Å²) in [6, 6.07) is 8.15. The van der Waals surface area contributed by atoms with Gasteiger partial charge in [-0.2, -0.15) is 13.8 Å². The molecule has 0 aliphatic carbocycles. The summed E-state index contributed by atoms with van der Waals surface area (Å²) in [5, 5.41) is 6.00. The van der Waals surface area contributed by atoms with Crippen LogP contribution in [0.1, 0.15) is 22.7 Å². The summed E-state index contributed by atoms with van der Waals surface area (Å²) in [4.78, 5) is 22.3. The van der Waals surface area contributed by atoms with E-state index in [4.69, 9.17) is 9.26 Å². The van der Waals surface area contributed by atoms with Gasteiger partial charge in [-0.05, 0) is 42.6 Å². The number of hydrogen-bond acceptors (Lipinski definition) is 8. The lowest BCUT2D eigenvalue weighted by Crippen LogP contribution is -2.48. The predicted molar refractivity (Wildman–Crippen MR) is 118 cm³/mol. The number of hydrogen-bond donors (Lipinski definition) is 0. The van der Waals surface area contributed by atoms with Gasteiger partial charge in [0.1, 0.15) is 0 Å². The number of benzene rings is 1. The second kappa shape index (κ2) is 10.7. The Morgan fingerprint density at radius 2 is 2.03 bits per heavy atom. The molecule has 4 rings (SSSR count). The van der Waals surface area contributed by atoms with Gasteiger partial charge in [0.05, 0.1) is 12.0 Å². The molecule has 176 valence electrons. The molecule has 1 aliphatic rings. The molecular weight excluding hydrogens is 454 g/mol. The van der Waals surface area contributed by atoms with Crippen LogP contribution in [0, 0.1) is 0 Å². The fourth-order valence-electron chi connectivity index (χ4n) is 3.67. The third kappa shape index (κ3) is 5.85. The van der Waals surface area contributed by atoms with Crippen LogP contribution in [0.15, 0.2) is 40.2 Å². The van der Waals surface area contributed by atoms with Gasteiger partial charge in [-0.15, -0.1) is 11.3 Å². The van der Waals surface area contributed by atoms with E-state index in [0.29, 0.717) is 36.8 Å². The maximum absolute atomic E-state index is 12.8. The van der Waals surface area contributed by atoms with E-state index in [1.165, 1.54) is 25.3 Å². The van der Waals surface area contributed by atoms with E-state index >= 15 is 0 Å². The van der Waals surface area contributed by atoms with Crippen molar-refractivity contribution in [3.8, 4) is 22.2 Å². The summed E-state index contributed by atoms with van der Waals surface area (Å²) >= 11 is 1.57. The van der Waals surface area contributed by atoms with Crippen LogP contribution >= 0.6 is 11.3 Å². The summed E-state index contributed by atoms with van der Waals surface area (Å²) in [7, 11) is 1.35. The highest BCUT2D eigenvalue weighted by atomic mass is 32.1. The molecule has 1 saturated heterocycles. The molecule has 33 heavy (non-hydrogen) atoms. The summed E-state index contributed by atoms with van der Waals surface area (Å²) < 4.78 is 39.8. The summed E-state index contributed by atoms with van der Waals surface area (Å²) in [5.74, 6) is 1.09. The Morgan fingerprint density at radius 1 is 1.21 bits per heavy atom. The van der Waals surface area contributed by atoms with Crippen LogP contribution < -0.4 is 9.47 Å². The first-order chi connectivity index (χ1) is 16.0. The molecule has 0 atom stereocenters. The van der Waals surface area contributed by atoms with Crippen molar-refractivity contribution in [2.24, 2.45) is 0 Å². The molecule has 1 aromatic carbocycles. The second-order valence-corrected chi connectivity index (χ2v) is 8.42. The van der Waals surface area contributed by atoms with Crippen LogP contribution in [0.4, 0.5) is 8.78 Å². The number of methoxy groups -OCH3 is 1. The van der Waals surface area contributed by atoms with E-state index in [0.717, 1.165) is 30.9 Å². The van der Waals surface area contributed by atoms with Gasteiger partial charge in [0.15, 0.2) is 11.5 Å². The van der Waals surface area contributed by atoms with Crippen molar-refractivity contribution in [1.29, 1.82) is 0 Å². The number of rotatable bonds is 9. The zero-order valence-electron chi connectivity index (χ0n) is 18.1. The number of aryl methyl sites for hydroxylation is 1. The van der Waals surface area contributed by atoms with Crippen LogP contribution in [-0.4, -0.2) is 72.3 Å². The molecule has 1 fully saturated rings. The van der Waals surface area contributed by atoms with Crippen molar-refractivity contribution in [3.05, 3.63) is 47.2 Å². The molecule has 3 heterocycles. The number of nitrogens with zero attached hydrogens (tertiary/aromatic N) is 4. The number of piperazine rings is 1. The van der Waals surface area contributed by atoms with Crippen molar-refractivity contribution < 1.29 is 27.6 Å². The quantitative estimate of drug-likeness (QED) is 0.463. The van der Waals surface area contributed by atoms with E-state index in [-0.39, 0.29) is 17.4 Å². The van der Waals surface area contributed by atoms with Gasteiger partial charge in [0.2, 0.25) is 11.7 Å². The molecule has 3 aromatic rings. The minimum Gasteiger partial charge on any atom is -0.493 e. The van der Waals surface area contributed by atoms with Crippen LogP contribution in [0.2, 0.25) is 0 Å².